The van der Waals surface area contributed by atoms with E-state index < -0.39 is 5.97 Å². The molecular weight excluding hydrogens is 234 g/mol. The van der Waals surface area contributed by atoms with Gasteiger partial charge in [-0.3, -0.25) is 0 Å². The van der Waals surface area contributed by atoms with E-state index in [0.29, 0.717) is 11.4 Å². The van der Waals surface area contributed by atoms with Crippen LogP contribution in [0.25, 0.3) is 0 Å². The van der Waals surface area contributed by atoms with Crippen LogP contribution in [0.5, 0.6) is 11.6 Å². The van der Waals surface area contributed by atoms with Crippen molar-refractivity contribution in [2.45, 2.75) is 0 Å². The zero-order valence-corrected chi connectivity index (χ0v) is 9.66. The van der Waals surface area contributed by atoms with Crippen LogP contribution < -0.4 is 10.5 Å². The van der Waals surface area contributed by atoms with Crippen molar-refractivity contribution in [2.24, 2.45) is 0 Å². The first-order chi connectivity index (χ1) is 8.69. The fourth-order valence-electron chi connectivity index (χ4n) is 1.29. The van der Waals surface area contributed by atoms with Crippen LogP contribution in [0.1, 0.15) is 10.6 Å². The number of nitrogens with two attached hydrogens (primary N) is 1. The fourth-order valence-corrected chi connectivity index (χ4v) is 1.29. The maximum atomic E-state index is 11.2. The molecule has 0 fully saturated rings. The van der Waals surface area contributed by atoms with E-state index in [0.717, 1.165) is 0 Å². The molecule has 0 amide bonds. The average Bonchev–Trinajstić information content (AvgIpc) is 2.38. The molecule has 6 nitrogen and oxygen atoms in total. The second-order valence-corrected chi connectivity index (χ2v) is 3.38. The number of carbonyl (C=O) groups excluding carboxylic acids is 1. The molecule has 0 saturated heterocycles. The van der Waals surface area contributed by atoms with Crippen LogP contribution in [-0.4, -0.2) is 23.0 Å². The standard InChI is InChI=1S/C12H11N3O3/c1-17-12(16)11-14-6-5-10(15-11)18-9-4-2-3-8(13)7-9/h2-7H,13H2,1H3. The van der Waals surface area contributed by atoms with Gasteiger partial charge in [-0.25, -0.2) is 9.78 Å². The monoisotopic (exact) mass is 245 g/mol. The summed E-state index contributed by atoms with van der Waals surface area (Å²) in [4.78, 5) is 18.9. The molecule has 0 bridgehead atoms. The van der Waals surface area contributed by atoms with Crippen molar-refractivity contribution in [3.05, 3.63) is 42.4 Å². The summed E-state index contributed by atoms with van der Waals surface area (Å²) in [6, 6.07) is 8.42. The third-order valence-electron chi connectivity index (χ3n) is 2.08. The fraction of sp³-hybridized carbons (Fsp3) is 0.0833. The van der Waals surface area contributed by atoms with E-state index in [9.17, 15) is 4.79 Å². The molecule has 0 saturated carbocycles. The molecule has 0 aliphatic rings. The van der Waals surface area contributed by atoms with Gasteiger partial charge in [0.2, 0.25) is 11.7 Å². The number of aromatic nitrogens is 2. The molecule has 0 aliphatic heterocycles. The van der Waals surface area contributed by atoms with Gasteiger partial charge in [0, 0.05) is 24.0 Å². The highest BCUT2D eigenvalue weighted by molar-refractivity contribution is 5.85. The zero-order valence-electron chi connectivity index (χ0n) is 9.66. The zero-order chi connectivity index (χ0) is 13.0. The van der Waals surface area contributed by atoms with E-state index in [2.05, 4.69) is 14.7 Å². The van der Waals surface area contributed by atoms with Crippen LogP contribution in [0.2, 0.25) is 0 Å². The van der Waals surface area contributed by atoms with Gasteiger partial charge in [0.25, 0.3) is 0 Å². The van der Waals surface area contributed by atoms with Gasteiger partial charge in [0.1, 0.15) is 5.75 Å². The lowest BCUT2D eigenvalue weighted by atomic mass is 10.3. The summed E-state index contributed by atoms with van der Waals surface area (Å²) in [7, 11) is 1.26. The van der Waals surface area contributed by atoms with Crippen LogP contribution >= 0.6 is 0 Å². The Morgan fingerprint density at radius 2 is 2.17 bits per heavy atom. The van der Waals surface area contributed by atoms with Crippen molar-refractivity contribution in [1.82, 2.24) is 9.97 Å². The highest BCUT2D eigenvalue weighted by Crippen LogP contribution is 2.20. The summed E-state index contributed by atoms with van der Waals surface area (Å²) < 4.78 is 9.98. The molecule has 18 heavy (non-hydrogen) atoms. The molecule has 92 valence electrons. The summed E-state index contributed by atoms with van der Waals surface area (Å²) >= 11 is 0. The minimum absolute atomic E-state index is 0.0566. The highest BCUT2D eigenvalue weighted by atomic mass is 16.5. The Balaban J connectivity index is 2.22. The summed E-state index contributed by atoms with van der Waals surface area (Å²) in [5, 5.41) is 0. The molecule has 2 rings (SSSR count). The van der Waals surface area contributed by atoms with Gasteiger partial charge in [-0.15, -0.1) is 0 Å². The number of nitrogens with zero attached hydrogens (tertiary/aromatic N) is 2. The second kappa shape index (κ2) is 5.13. The first-order valence-electron chi connectivity index (χ1n) is 5.14. The smallest absolute Gasteiger partial charge is 0.376 e. The second-order valence-electron chi connectivity index (χ2n) is 3.38. The minimum atomic E-state index is -0.618. The van der Waals surface area contributed by atoms with Gasteiger partial charge in [0.15, 0.2) is 0 Å². The Bertz CT molecular complexity index is 572. The molecule has 1 aromatic heterocycles. The van der Waals surface area contributed by atoms with Crippen LogP contribution in [0.15, 0.2) is 36.5 Å². The van der Waals surface area contributed by atoms with Crippen molar-refractivity contribution >= 4 is 11.7 Å². The summed E-state index contributed by atoms with van der Waals surface area (Å²) in [5.74, 6) is 0.104. The molecule has 2 aromatic rings. The van der Waals surface area contributed by atoms with Gasteiger partial charge >= 0.3 is 5.97 Å². The molecule has 2 N–H and O–H groups in total. The van der Waals surface area contributed by atoms with Gasteiger partial charge in [-0.2, -0.15) is 4.98 Å². The number of benzene rings is 1. The predicted molar refractivity (Wildman–Crippen MR) is 64.3 cm³/mol. The Kier molecular flexibility index (Phi) is 3.38. The Hall–Kier alpha value is -2.63. The largest absolute Gasteiger partial charge is 0.463 e. The van der Waals surface area contributed by atoms with E-state index in [-0.39, 0.29) is 11.7 Å². The SMILES string of the molecule is COC(=O)c1nccc(Oc2cccc(N)c2)n1. The number of ether oxygens (including phenoxy) is 2. The maximum Gasteiger partial charge on any atom is 0.376 e. The number of esters is 1. The number of hydrogen-bond acceptors (Lipinski definition) is 6. The van der Waals surface area contributed by atoms with E-state index in [1.54, 1.807) is 24.3 Å². The molecule has 0 unspecified atom stereocenters. The average molecular weight is 245 g/mol. The number of hydrogen-bond donors (Lipinski definition) is 1. The molecule has 1 heterocycles. The topological polar surface area (TPSA) is 87.3 Å². The van der Waals surface area contributed by atoms with Crippen LogP contribution in [0, 0.1) is 0 Å². The Labute approximate surface area is 103 Å². The molecular formula is C12H11N3O3. The molecule has 0 aliphatic carbocycles. The quantitative estimate of drug-likeness (QED) is 0.653. The lowest BCUT2D eigenvalue weighted by Crippen LogP contribution is -2.07. The maximum absolute atomic E-state index is 11.2. The lowest BCUT2D eigenvalue weighted by molar-refractivity contribution is 0.0585. The number of anilines is 1. The molecule has 0 atom stereocenters. The third kappa shape index (κ3) is 2.73. The van der Waals surface area contributed by atoms with E-state index in [4.69, 9.17) is 10.5 Å². The van der Waals surface area contributed by atoms with Gasteiger partial charge in [-0.1, -0.05) is 6.07 Å². The first-order valence-corrected chi connectivity index (χ1v) is 5.14. The molecule has 6 heteroatoms. The summed E-state index contributed by atoms with van der Waals surface area (Å²) in [6.45, 7) is 0. The predicted octanol–water partition coefficient (Wildman–Crippen LogP) is 1.64. The third-order valence-corrected chi connectivity index (χ3v) is 2.08. The number of nitrogen functional groups attached to an aromatic ring is 1. The van der Waals surface area contributed by atoms with E-state index >= 15 is 0 Å². The lowest BCUT2D eigenvalue weighted by Gasteiger charge is -2.05. The normalized spacial score (nSPS) is 9.83. The first kappa shape index (κ1) is 11.8. The Morgan fingerprint density at radius 3 is 2.89 bits per heavy atom. The molecule has 1 aromatic carbocycles. The van der Waals surface area contributed by atoms with E-state index in [1.807, 2.05) is 0 Å². The highest BCUT2D eigenvalue weighted by Gasteiger charge is 2.10. The minimum Gasteiger partial charge on any atom is -0.463 e. The van der Waals surface area contributed by atoms with Crippen LogP contribution in [-0.2, 0) is 4.74 Å². The van der Waals surface area contributed by atoms with Crippen molar-refractivity contribution in [1.29, 1.82) is 0 Å². The molecule has 0 spiro atoms. The van der Waals surface area contributed by atoms with Crippen molar-refractivity contribution in [2.75, 3.05) is 12.8 Å². The van der Waals surface area contributed by atoms with Crippen molar-refractivity contribution in [3.8, 4) is 11.6 Å². The van der Waals surface area contributed by atoms with Crippen LogP contribution in [0.4, 0.5) is 5.69 Å². The Morgan fingerprint density at radius 1 is 1.33 bits per heavy atom. The van der Waals surface area contributed by atoms with Gasteiger partial charge in [-0.05, 0) is 12.1 Å². The van der Waals surface area contributed by atoms with Gasteiger partial charge < -0.3 is 15.2 Å². The summed E-state index contributed by atoms with van der Waals surface area (Å²) in [6.07, 6.45) is 1.42. The van der Waals surface area contributed by atoms with E-state index in [1.165, 1.54) is 19.4 Å². The summed E-state index contributed by atoms with van der Waals surface area (Å²) in [5.41, 5.74) is 6.20. The number of carbonyl (C=O) groups is 1. The van der Waals surface area contributed by atoms with Gasteiger partial charge in [0.05, 0.1) is 7.11 Å². The van der Waals surface area contributed by atoms with Crippen molar-refractivity contribution < 1.29 is 14.3 Å². The van der Waals surface area contributed by atoms with Crippen molar-refractivity contribution in [3.63, 3.8) is 0 Å². The number of rotatable bonds is 3. The number of methoxy groups -OCH3 is 1. The molecule has 0 radical (unpaired) electrons. The van der Waals surface area contributed by atoms with Crippen LogP contribution in [0.3, 0.4) is 0 Å².